The summed E-state index contributed by atoms with van der Waals surface area (Å²) in [6, 6.07) is 0. The number of ether oxygens (including phenoxy) is 1. The van der Waals surface area contributed by atoms with Gasteiger partial charge in [-0.3, -0.25) is 4.79 Å². The van der Waals surface area contributed by atoms with Gasteiger partial charge in [0.15, 0.2) is 5.78 Å². The lowest BCUT2D eigenvalue weighted by Gasteiger charge is -2.11. The van der Waals surface area contributed by atoms with E-state index < -0.39 is 0 Å². The van der Waals surface area contributed by atoms with Gasteiger partial charge in [0, 0.05) is 19.0 Å². The van der Waals surface area contributed by atoms with Crippen molar-refractivity contribution in [1.82, 2.24) is 9.97 Å². The van der Waals surface area contributed by atoms with Crippen LogP contribution in [-0.4, -0.2) is 28.5 Å². The summed E-state index contributed by atoms with van der Waals surface area (Å²) in [5.74, 6) is 0.0663. The van der Waals surface area contributed by atoms with Crippen molar-refractivity contribution in [2.24, 2.45) is 5.92 Å². The Labute approximate surface area is 82.3 Å². The predicted molar refractivity (Wildman–Crippen MR) is 49.9 cm³/mol. The van der Waals surface area contributed by atoms with Gasteiger partial charge in [0.1, 0.15) is 6.33 Å². The van der Waals surface area contributed by atoms with Crippen LogP contribution >= 0.6 is 0 Å². The Morgan fingerprint density at radius 2 is 2.21 bits per heavy atom. The molecule has 4 nitrogen and oxygen atoms in total. The van der Waals surface area contributed by atoms with Crippen molar-refractivity contribution in [3.05, 3.63) is 24.3 Å². The molecule has 0 bridgehead atoms. The molecule has 1 aromatic heterocycles. The van der Waals surface area contributed by atoms with E-state index in [2.05, 4.69) is 9.97 Å². The number of carbonyl (C=O) groups is 1. The molecule has 0 aliphatic carbocycles. The normalized spacial score (nSPS) is 26.4. The number of ketones is 1. The van der Waals surface area contributed by atoms with Crippen molar-refractivity contribution < 1.29 is 9.53 Å². The Kier molecular flexibility index (Phi) is 2.54. The molecule has 0 N–H and O–H groups in total. The molecule has 0 saturated carbocycles. The topological polar surface area (TPSA) is 52.1 Å². The van der Waals surface area contributed by atoms with Gasteiger partial charge in [-0.1, -0.05) is 0 Å². The summed E-state index contributed by atoms with van der Waals surface area (Å²) in [6.07, 6.45) is 5.35. The van der Waals surface area contributed by atoms with Crippen LogP contribution in [0.25, 0.3) is 0 Å². The first kappa shape index (κ1) is 9.27. The Morgan fingerprint density at radius 1 is 1.50 bits per heavy atom. The standard InChI is InChI=1S/C10H12N2O2/c1-7-9(2-3-14-7)10(13)8-4-11-6-12-5-8/h4-7,9H,2-3H2,1H3. The molecule has 2 unspecified atom stereocenters. The van der Waals surface area contributed by atoms with E-state index in [1.165, 1.54) is 6.33 Å². The number of rotatable bonds is 2. The van der Waals surface area contributed by atoms with Crippen molar-refractivity contribution in [1.29, 1.82) is 0 Å². The first-order valence-corrected chi connectivity index (χ1v) is 4.70. The summed E-state index contributed by atoms with van der Waals surface area (Å²) in [7, 11) is 0. The van der Waals surface area contributed by atoms with Crippen LogP contribution in [0.5, 0.6) is 0 Å². The molecule has 0 radical (unpaired) electrons. The highest BCUT2D eigenvalue weighted by Crippen LogP contribution is 2.23. The molecule has 74 valence electrons. The molecular weight excluding hydrogens is 180 g/mol. The summed E-state index contributed by atoms with van der Waals surface area (Å²) >= 11 is 0. The Bertz CT molecular complexity index is 326. The summed E-state index contributed by atoms with van der Waals surface area (Å²) in [4.78, 5) is 19.6. The van der Waals surface area contributed by atoms with E-state index in [1.54, 1.807) is 12.4 Å². The van der Waals surface area contributed by atoms with Crippen LogP contribution in [0.15, 0.2) is 18.7 Å². The third-order valence-electron chi connectivity index (χ3n) is 2.56. The van der Waals surface area contributed by atoms with Crippen molar-refractivity contribution in [2.45, 2.75) is 19.4 Å². The zero-order valence-electron chi connectivity index (χ0n) is 8.01. The zero-order chi connectivity index (χ0) is 9.97. The quantitative estimate of drug-likeness (QED) is 0.658. The molecule has 1 aliphatic rings. The second kappa shape index (κ2) is 3.84. The minimum atomic E-state index is -0.0269. The number of hydrogen-bond donors (Lipinski definition) is 0. The summed E-state index contributed by atoms with van der Waals surface area (Å²) < 4.78 is 5.35. The van der Waals surface area contributed by atoms with Gasteiger partial charge in [0.05, 0.1) is 17.6 Å². The van der Waals surface area contributed by atoms with Crippen molar-refractivity contribution in [3.8, 4) is 0 Å². The van der Waals surface area contributed by atoms with Crippen LogP contribution in [-0.2, 0) is 4.74 Å². The van der Waals surface area contributed by atoms with Gasteiger partial charge >= 0.3 is 0 Å². The minimum absolute atomic E-state index is 0.0164. The van der Waals surface area contributed by atoms with Crippen LogP contribution in [0.4, 0.5) is 0 Å². The van der Waals surface area contributed by atoms with E-state index in [0.717, 1.165) is 6.42 Å². The van der Waals surface area contributed by atoms with Crippen molar-refractivity contribution in [2.75, 3.05) is 6.61 Å². The van der Waals surface area contributed by atoms with E-state index in [0.29, 0.717) is 12.2 Å². The fourth-order valence-corrected chi connectivity index (χ4v) is 1.72. The maximum absolute atomic E-state index is 11.9. The highest BCUT2D eigenvalue weighted by molar-refractivity contribution is 5.97. The largest absolute Gasteiger partial charge is 0.378 e. The van der Waals surface area contributed by atoms with Gasteiger partial charge in [0.25, 0.3) is 0 Å². The monoisotopic (exact) mass is 192 g/mol. The predicted octanol–water partition coefficient (Wildman–Crippen LogP) is 1.08. The van der Waals surface area contributed by atoms with Crippen LogP contribution in [0, 0.1) is 5.92 Å². The summed E-state index contributed by atoms with van der Waals surface area (Å²) in [6.45, 7) is 2.60. The number of hydrogen-bond acceptors (Lipinski definition) is 4. The molecule has 2 atom stereocenters. The maximum atomic E-state index is 11.9. The van der Waals surface area contributed by atoms with E-state index in [9.17, 15) is 4.79 Å². The average molecular weight is 192 g/mol. The molecule has 1 saturated heterocycles. The molecular formula is C10H12N2O2. The van der Waals surface area contributed by atoms with Gasteiger partial charge < -0.3 is 4.74 Å². The molecule has 1 fully saturated rings. The van der Waals surface area contributed by atoms with Gasteiger partial charge in [-0.25, -0.2) is 9.97 Å². The zero-order valence-corrected chi connectivity index (χ0v) is 8.01. The molecule has 0 spiro atoms. The maximum Gasteiger partial charge on any atom is 0.171 e. The molecule has 1 aliphatic heterocycles. The molecule has 1 aromatic rings. The SMILES string of the molecule is CC1OCCC1C(=O)c1cncnc1. The van der Waals surface area contributed by atoms with Crippen LogP contribution < -0.4 is 0 Å². The molecule has 0 amide bonds. The number of nitrogens with zero attached hydrogens (tertiary/aromatic N) is 2. The lowest BCUT2D eigenvalue weighted by atomic mass is 9.94. The smallest absolute Gasteiger partial charge is 0.171 e. The number of carbonyl (C=O) groups excluding carboxylic acids is 1. The third kappa shape index (κ3) is 1.65. The van der Waals surface area contributed by atoms with Crippen molar-refractivity contribution in [3.63, 3.8) is 0 Å². The Hall–Kier alpha value is -1.29. The lowest BCUT2D eigenvalue weighted by molar-refractivity contribution is 0.0763. The fraction of sp³-hybridized carbons (Fsp3) is 0.500. The van der Waals surface area contributed by atoms with E-state index in [-0.39, 0.29) is 17.8 Å². The molecule has 4 heteroatoms. The highest BCUT2D eigenvalue weighted by atomic mass is 16.5. The fourth-order valence-electron chi connectivity index (χ4n) is 1.72. The second-order valence-electron chi connectivity index (χ2n) is 3.46. The van der Waals surface area contributed by atoms with Gasteiger partial charge in [-0.15, -0.1) is 0 Å². The van der Waals surface area contributed by atoms with E-state index in [1.807, 2.05) is 6.92 Å². The molecule has 0 aromatic carbocycles. The van der Waals surface area contributed by atoms with Crippen molar-refractivity contribution >= 4 is 5.78 Å². The van der Waals surface area contributed by atoms with Crippen LogP contribution in [0.3, 0.4) is 0 Å². The summed E-state index contributed by atoms with van der Waals surface area (Å²) in [5.41, 5.74) is 0.579. The number of Topliss-reactive ketones (excluding diaryl/α,β-unsaturated/α-hetero) is 1. The van der Waals surface area contributed by atoms with E-state index >= 15 is 0 Å². The van der Waals surface area contributed by atoms with Gasteiger partial charge in [-0.05, 0) is 13.3 Å². The average Bonchev–Trinajstić information content (AvgIpc) is 2.65. The molecule has 14 heavy (non-hydrogen) atoms. The Balaban J connectivity index is 2.16. The highest BCUT2D eigenvalue weighted by Gasteiger charge is 2.31. The number of aromatic nitrogens is 2. The first-order chi connectivity index (χ1) is 6.79. The lowest BCUT2D eigenvalue weighted by Crippen LogP contribution is -2.21. The second-order valence-corrected chi connectivity index (χ2v) is 3.46. The van der Waals surface area contributed by atoms with Gasteiger partial charge in [-0.2, -0.15) is 0 Å². The molecule has 2 heterocycles. The summed E-state index contributed by atoms with van der Waals surface area (Å²) in [5, 5.41) is 0. The third-order valence-corrected chi connectivity index (χ3v) is 2.56. The Morgan fingerprint density at radius 3 is 2.79 bits per heavy atom. The molecule has 2 rings (SSSR count). The first-order valence-electron chi connectivity index (χ1n) is 4.70. The minimum Gasteiger partial charge on any atom is -0.378 e. The van der Waals surface area contributed by atoms with Crippen LogP contribution in [0.2, 0.25) is 0 Å². The van der Waals surface area contributed by atoms with Gasteiger partial charge in [0.2, 0.25) is 0 Å². The van der Waals surface area contributed by atoms with Crippen LogP contribution in [0.1, 0.15) is 23.7 Å². The van der Waals surface area contributed by atoms with E-state index in [4.69, 9.17) is 4.74 Å².